The van der Waals surface area contributed by atoms with Crippen molar-refractivity contribution < 1.29 is 14.3 Å². The van der Waals surface area contributed by atoms with Crippen LogP contribution in [0.25, 0.3) is 0 Å². The average Bonchev–Trinajstić information content (AvgIpc) is 2.61. The Hall–Kier alpha value is -1.30. The normalized spacial score (nSPS) is 22.9. The van der Waals surface area contributed by atoms with E-state index in [1.54, 1.807) is 18.2 Å². The van der Waals surface area contributed by atoms with Crippen LogP contribution >= 0.6 is 23.2 Å². The molecular formula is C12H10Cl2N2O3. The van der Waals surface area contributed by atoms with Gasteiger partial charge >= 0.3 is 6.03 Å². The summed E-state index contributed by atoms with van der Waals surface area (Å²) in [4.78, 5) is 27.1. The van der Waals surface area contributed by atoms with Gasteiger partial charge < -0.3 is 4.74 Å². The Balaban J connectivity index is 2.00. The van der Waals surface area contributed by atoms with Crippen molar-refractivity contribution in [3.05, 3.63) is 28.2 Å². The molecule has 7 heteroatoms. The predicted octanol–water partition coefficient (Wildman–Crippen LogP) is 2.51. The van der Waals surface area contributed by atoms with Gasteiger partial charge in [0.05, 0.1) is 12.3 Å². The highest BCUT2D eigenvalue weighted by Crippen LogP contribution is 2.32. The maximum Gasteiger partial charge on any atom is 0.333 e. The van der Waals surface area contributed by atoms with E-state index in [-0.39, 0.29) is 12.6 Å². The van der Waals surface area contributed by atoms with E-state index in [2.05, 4.69) is 0 Å². The number of halogens is 2. The van der Waals surface area contributed by atoms with Gasteiger partial charge in [-0.25, -0.2) is 9.69 Å². The molecule has 2 aliphatic heterocycles. The molecule has 1 unspecified atom stereocenters. The number of carbonyl (C=O) groups excluding carboxylic acids is 2. The zero-order valence-corrected chi connectivity index (χ0v) is 11.3. The first-order valence-electron chi connectivity index (χ1n) is 5.76. The third-order valence-electron chi connectivity index (χ3n) is 3.19. The Bertz CT molecular complexity index is 520. The lowest BCUT2D eigenvalue weighted by atomic mass is 10.2. The molecule has 3 amide bonds. The molecule has 1 aromatic carbocycles. The molecule has 1 aromatic rings. The molecule has 0 aliphatic carbocycles. The number of carbonyl (C=O) groups is 2. The maximum atomic E-state index is 12.3. The molecule has 0 bridgehead atoms. The third-order valence-corrected chi connectivity index (χ3v) is 3.63. The van der Waals surface area contributed by atoms with Gasteiger partial charge in [-0.3, -0.25) is 9.69 Å². The molecule has 2 heterocycles. The van der Waals surface area contributed by atoms with Crippen molar-refractivity contribution in [3.8, 4) is 0 Å². The number of nitrogens with zero attached hydrogens (tertiary/aromatic N) is 2. The van der Waals surface area contributed by atoms with Crippen LogP contribution in [0.15, 0.2) is 18.2 Å². The molecule has 2 aliphatic rings. The fourth-order valence-electron chi connectivity index (χ4n) is 2.33. The van der Waals surface area contributed by atoms with Crippen molar-refractivity contribution in [2.24, 2.45) is 0 Å². The smallest absolute Gasteiger partial charge is 0.333 e. The van der Waals surface area contributed by atoms with Gasteiger partial charge in [-0.15, -0.1) is 0 Å². The highest BCUT2D eigenvalue weighted by Gasteiger charge is 2.47. The first kappa shape index (κ1) is 12.7. The van der Waals surface area contributed by atoms with E-state index in [1.165, 1.54) is 4.90 Å². The summed E-state index contributed by atoms with van der Waals surface area (Å²) in [6.07, 6.45) is 0.509. The predicted molar refractivity (Wildman–Crippen MR) is 70.4 cm³/mol. The summed E-state index contributed by atoms with van der Waals surface area (Å²) >= 11 is 11.8. The first-order chi connectivity index (χ1) is 9.08. The minimum Gasteiger partial charge on any atom is -0.361 e. The molecule has 0 spiro atoms. The molecule has 1 atom stereocenters. The van der Waals surface area contributed by atoms with E-state index in [1.807, 2.05) is 0 Å². The Morgan fingerprint density at radius 3 is 2.47 bits per heavy atom. The van der Waals surface area contributed by atoms with E-state index in [4.69, 9.17) is 27.9 Å². The van der Waals surface area contributed by atoms with Gasteiger partial charge in [0, 0.05) is 16.5 Å². The quantitative estimate of drug-likeness (QED) is 0.749. The summed E-state index contributed by atoms with van der Waals surface area (Å²) in [6, 6.07) is 3.80. The van der Waals surface area contributed by atoms with E-state index in [9.17, 15) is 9.59 Å². The van der Waals surface area contributed by atoms with Crippen molar-refractivity contribution in [1.82, 2.24) is 4.90 Å². The number of rotatable bonds is 1. The van der Waals surface area contributed by atoms with Crippen LogP contribution in [0.4, 0.5) is 10.5 Å². The largest absolute Gasteiger partial charge is 0.361 e. The van der Waals surface area contributed by atoms with Crippen LogP contribution in [-0.2, 0) is 9.53 Å². The number of hydrogen-bond donors (Lipinski definition) is 0. The molecule has 0 aromatic heterocycles. The van der Waals surface area contributed by atoms with Crippen LogP contribution in [0.1, 0.15) is 6.42 Å². The second-order valence-corrected chi connectivity index (χ2v) is 5.27. The molecule has 2 fully saturated rings. The number of fused-ring (bicyclic) bond motifs is 1. The second-order valence-electron chi connectivity index (χ2n) is 4.40. The molecular weight excluding hydrogens is 291 g/mol. The van der Waals surface area contributed by atoms with Crippen molar-refractivity contribution >= 4 is 40.8 Å². The summed E-state index contributed by atoms with van der Waals surface area (Å²) in [5.74, 6) is -0.258. The number of anilines is 1. The second kappa shape index (κ2) is 4.67. The standard InChI is InChI=1S/C12H10Cl2N2O3/c13-7-3-8(14)5-9(4-7)16-11(17)10-1-2-19-6-15(10)12(16)18/h3-5,10H,1-2,6H2. The van der Waals surface area contributed by atoms with Gasteiger partial charge in [0.25, 0.3) is 5.91 Å². The zero-order chi connectivity index (χ0) is 13.6. The van der Waals surface area contributed by atoms with Crippen LogP contribution in [0.3, 0.4) is 0 Å². The van der Waals surface area contributed by atoms with Crippen LogP contribution in [0.5, 0.6) is 0 Å². The molecule has 0 radical (unpaired) electrons. The Morgan fingerprint density at radius 2 is 1.84 bits per heavy atom. The van der Waals surface area contributed by atoms with Crippen molar-refractivity contribution in [2.75, 3.05) is 18.2 Å². The van der Waals surface area contributed by atoms with Gasteiger partial charge in [-0.2, -0.15) is 0 Å². The lowest BCUT2D eigenvalue weighted by Crippen LogP contribution is -2.41. The maximum absolute atomic E-state index is 12.3. The molecule has 5 nitrogen and oxygen atoms in total. The summed E-state index contributed by atoms with van der Waals surface area (Å²) in [6.45, 7) is 0.615. The molecule has 0 N–H and O–H groups in total. The number of ether oxygens (including phenoxy) is 1. The van der Waals surface area contributed by atoms with E-state index in [0.29, 0.717) is 28.8 Å². The fraction of sp³-hybridized carbons (Fsp3) is 0.333. The average molecular weight is 301 g/mol. The number of amides is 3. The minimum atomic E-state index is -0.445. The fourth-order valence-corrected chi connectivity index (χ4v) is 2.84. The zero-order valence-electron chi connectivity index (χ0n) is 9.81. The van der Waals surface area contributed by atoms with E-state index >= 15 is 0 Å². The van der Waals surface area contributed by atoms with Crippen molar-refractivity contribution in [1.29, 1.82) is 0 Å². The molecule has 2 saturated heterocycles. The highest BCUT2D eigenvalue weighted by molar-refractivity contribution is 6.35. The summed E-state index contributed by atoms with van der Waals surface area (Å²) in [5, 5.41) is 0.758. The summed E-state index contributed by atoms with van der Waals surface area (Å²) in [5.41, 5.74) is 0.391. The third kappa shape index (κ3) is 2.08. The van der Waals surface area contributed by atoms with Crippen molar-refractivity contribution in [2.45, 2.75) is 12.5 Å². The lowest BCUT2D eigenvalue weighted by molar-refractivity contribution is -0.123. The molecule has 3 rings (SSSR count). The van der Waals surface area contributed by atoms with Crippen LogP contribution in [-0.4, -0.2) is 36.2 Å². The van der Waals surface area contributed by atoms with Gasteiger partial charge in [-0.05, 0) is 18.2 Å². The number of imide groups is 1. The number of benzene rings is 1. The summed E-state index contributed by atoms with van der Waals surface area (Å²) < 4.78 is 5.21. The van der Waals surface area contributed by atoms with Crippen molar-refractivity contribution in [3.63, 3.8) is 0 Å². The van der Waals surface area contributed by atoms with Gasteiger partial charge in [0.15, 0.2) is 0 Å². The topological polar surface area (TPSA) is 49.9 Å². The monoisotopic (exact) mass is 300 g/mol. The van der Waals surface area contributed by atoms with Gasteiger partial charge in [0.1, 0.15) is 12.8 Å². The van der Waals surface area contributed by atoms with E-state index in [0.717, 1.165) is 4.90 Å². The highest BCUT2D eigenvalue weighted by atomic mass is 35.5. The van der Waals surface area contributed by atoms with Crippen LogP contribution in [0, 0.1) is 0 Å². The Kier molecular flexibility index (Phi) is 3.12. The SMILES string of the molecule is O=C1C2CCOCN2C(=O)N1c1cc(Cl)cc(Cl)c1. The molecule has 19 heavy (non-hydrogen) atoms. The van der Waals surface area contributed by atoms with Crippen LogP contribution < -0.4 is 4.90 Å². The Morgan fingerprint density at radius 1 is 1.16 bits per heavy atom. The van der Waals surface area contributed by atoms with Crippen LogP contribution in [0.2, 0.25) is 10.0 Å². The molecule has 0 saturated carbocycles. The number of urea groups is 1. The Labute approximate surface area is 119 Å². The molecule has 100 valence electrons. The van der Waals surface area contributed by atoms with E-state index < -0.39 is 12.1 Å². The van der Waals surface area contributed by atoms with Gasteiger partial charge in [0.2, 0.25) is 0 Å². The summed E-state index contributed by atoms with van der Waals surface area (Å²) in [7, 11) is 0. The van der Waals surface area contributed by atoms with Gasteiger partial charge in [-0.1, -0.05) is 23.2 Å². The minimum absolute atomic E-state index is 0.139. The first-order valence-corrected chi connectivity index (χ1v) is 6.52. The lowest BCUT2D eigenvalue weighted by Gasteiger charge is -2.26. The number of hydrogen-bond acceptors (Lipinski definition) is 3.